The summed E-state index contributed by atoms with van der Waals surface area (Å²) in [5, 5.41) is 2.90. The first-order valence-corrected chi connectivity index (χ1v) is 12.7. The summed E-state index contributed by atoms with van der Waals surface area (Å²) in [6, 6.07) is 6.76. The molecule has 1 rings (SSSR count). The van der Waals surface area contributed by atoms with Crippen LogP contribution < -0.4 is 10.1 Å². The molecule has 0 spiro atoms. The predicted octanol–water partition coefficient (Wildman–Crippen LogP) is 7.26. The van der Waals surface area contributed by atoms with E-state index < -0.39 is 0 Å². The van der Waals surface area contributed by atoms with Gasteiger partial charge in [0.15, 0.2) is 6.61 Å². The topological polar surface area (TPSA) is 55.4 Å². The number of ether oxygens (including phenoxy) is 1. The zero-order valence-corrected chi connectivity index (χ0v) is 19.8. The molecule has 0 aliphatic carbocycles. The van der Waals surface area contributed by atoms with Crippen LogP contribution in [0.2, 0.25) is 0 Å². The van der Waals surface area contributed by atoms with Gasteiger partial charge in [0.25, 0.3) is 5.91 Å². The number of rotatable bonds is 21. The normalized spacial score (nSPS) is 10.7. The summed E-state index contributed by atoms with van der Waals surface area (Å²) < 4.78 is 5.42. The monoisotopic (exact) mass is 431 g/mol. The highest BCUT2D eigenvalue weighted by Crippen LogP contribution is 2.14. The van der Waals surface area contributed by atoms with Crippen molar-refractivity contribution >= 4 is 12.2 Å². The molecule has 0 radical (unpaired) electrons. The van der Waals surface area contributed by atoms with E-state index in [-0.39, 0.29) is 12.5 Å². The van der Waals surface area contributed by atoms with Gasteiger partial charge in [0.05, 0.1) is 0 Å². The first-order chi connectivity index (χ1) is 15.3. The molecule has 176 valence electrons. The van der Waals surface area contributed by atoms with Crippen molar-refractivity contribution in [1.29, 1.82) is 0 Å². The van der Waals surface area contributed by atoms with Gasteiger partial charge < -0.3 is 10.1 Å². The second-order valence-electron chi connectivity index (χ2n) is 8.63. The number of aldehydes is 1. The Kier molecular flexibility index (Phi) is 17.6. The van der Waals surface area contributed by atoms with E-state index in [2.05, 4.69) is 12.2 Å². The van der Waals surface area contributed by atoms with Gasteiger partial charge in [0.2, 0.25) is 0 Å². The van der Waals surface area contributed by atoms with E-state index in [1.54, 1.807) is 24.3 Å². The highest BCUT2D eigenvalue weighted by atomic mass is 16.5. The van der Waals surface area contributed by atoms with Gasteiger partial charge in [-0.15, -0.1) is 0 Å². The summed E-state index contributed by atoms with van der Waals surface area (Å²) in [6.07, 6.45) is 22.4. The standard InChI is InChI=1S/C27H45NO3/c1-2-3-4-5-6-7-8-9-10-11-12-13-14-15-16-17-22-28-27(30)24-31-26-20-18-25(23-29)19-21-26/h18-21,23H,2-17,22,24H2,1H3,(H,28,30). The Labute approximate surface area is 190 Å². The van der Waals surface area contributed by atoms with E-state index in [4.69, 9.17) is 4.74 Å². The fourth-order valence-corrected chi connectivity index (χ4v) is 3.74. The summed E-state index contributed by atoms with van der Waals surface area (Å²) in [4.78, 5) is 22.4. The molecule has 0 unspecified atom stereocenters. The Bertz CT molecular complexity index is 556. The van der Waals surface area contributed by atoms with Crippen LogP contribution in [0.5, 0.6) is 5.75 Å². The second kappa shape index (κ2) is 20.1. The first kappa shape index (κ1) is 27.2. The number of unbranched alkanes of at least 4 members (excludes halogenated alkanes) is 15. The van der Waals surface area contributed by atoms with E-state index >= 15 is 0 Å². The van der Waals surface area contributed by atoms with Crippen LogP contribution in [0.1, 0.15) is 120 Å². The molecule has 4 heteroatoms. The van der Waals surface area contributed by atoms with E-state index in [1.807, 2.05) is 0 Å². The molecule has 1 amide bonds. The van der Waals surface area contributed by atoms with E-state index in [1.165, 1.54) is 96.3 Å². The Morgan fingerprint density at radius 2 is 1.19 bits per heavy atom. The number of carbonyl (C=O) groups is 2. The lowest BCUT2D eigenvalue weighted by Crippen LogP contribution is -2.29. The number of carbonyl (C=O) groups excluding carboxylic acids is 2. The van der Waals surface area contributed by atoms with E-state index in [0.29, 0.717) is 17.9 Å². The summed E-state index contributed by atoms with van der Waals surface area (Å²) in [5.74, 6) is 0.503. The smallest absolute Gasteiger partial charge is 0.257 e. The van der Waals surface area contributed by atoms with Crippen molar-refractivity contribution in [3.63, 3.8) is 0 Å². The van der Waals surface area contributed by atoms with Gasteiger partial charge in [-0.2, -0.15) is 0 Å². The van der Waals surface area contributed by atoms with Crippen LogP contribution in [0.25, 0.3) is 0 Å². The van der Waals surface area contributed by atoms with Crippen LogP contribution in [0, 0.1) is 0 Å². The highest BCUT2D eigenvalue weighted by Gasteiger charge is 2.02. The van der Waals surface area contributed by atoms with E-state index in [0.717, 1.165) is 12.7 Å². The quantitative estimate of drug-likeness (QED) is 0.165. The van der Waals surface area contributed by atoms with Gasteiger partial charge in [-0.25, -0.2) is 0 Å². The molecule has 1 aromatic rings. The summed E-state index contributed by atoms with van der Waals surface area (Å²) >= 11 is 0. The molecule has 0 atom stereocenters. The van der Waals surface area contributed by atoms with Crippen molar-refractivity contribution in [3.05, 3.63) is 29.8 Å². The average Bonchev–Trinajstić information content (AvgIpc) is 2.80. The summed E-state index contributed by atoms with van der Waals surface area (Å²) in [7, 11) is 0. The molecule has 4 nitrogen and oxygen atoms in total. The zero-order valence-electron chi connectivity index (χ0n) is 19.8. The molecule has 0 bridgehead atoms. The van der Waals surface area contributed by atoms with Crippen molar-refractivity contribution in [2.45, 2.75) is 110 Å². The van der Waals surface area contributed by atoms with Gasteiger partial charge >= 0.3 is 0 Å². The van der Waals surface area contributed by atoms with Crippen LogP contribution in [0.4, 0.5) is 0 Å². The Balaban J connectivity index is 1.79. The van der Waals surface area contributed by atoms with Crippen molar-refractivity contribution in [2.24, 2.45) is 0 Å². The Hall–Kier alpha value is -1.84. The molecule has 0 saturated carbocycles. The maximum atomic E-state index is 11.8. The number of amides is 1. The van der Waals surface area contributed by atoms with Crippen molar-refractivity contribution in [3.8, 4) is 5.75 Å². The highest BCUT2D eigenvalue weighted by molar-refractivity contribution is 5.77. The first-order valence-electron chi connectivity index (χ1n) is 12.7. The zero-order chi connectivity index (χ0) is 22.4. The predicted molar refractivity (Wildman–Crippen MR) is 130 cm³/mol. The van der Waals surface area contributed by atoms with Crippen molar-refractivity contribution in [1.82, 2.24) is 5.32 Å². The van der Waals surface area contributed by atoms with Gasteiger partial charge in [-0.1, -0.05) is 103 Å². The maximum absolute atomic E-state index is 11.8. The molecular formula is C27H45NO3. The fourth-order valence-electron chi connectivity index (χ4n) is 3.74. The number of hydrogen-bond donors (Lipinski definition) is 1. The lowest BCUT2D eigenvalue weighted by atomic mass is 10.0. The van der Waals surface area contributed by atoms with Crippen molar-refractivity contribution in [2.75, 3.05) is 13.2 Å². The number of hydrogen-bond acceptors (Lipinski definition) is 3. The SMILES string of the molecule is CCCCCCCCCCCCCCCCCCNC(=O)COc1ccc(C=O)cc1. The minimum Gasteiger partial charge on any atom is -0.484 e. The molecular weight excluding hydrogens is 386 g/mol. The molecule has 0 aromatic heterocycles. The van der Waals surface area contributed by atoms with Crippen LogP contribution >= 0.6 is 0 Å². The van der Waals surface area contributed by atoms with Crippen LogP contribution in [-0.2, 0) is 4.79 Å². The summed E-state index contributed by atoms with van der Waals surface area (Å²) in [6.45, 7) is 3.00. The molecule has 1 N–H and O–H groups in total. The molecule has 0 saturated heterocycles. The van der Waals surface area contributed by atoms with Crippen LogP contribution in [0.15, 0.2) is 24.3 Å². The van der Waals surface area contributed by atoms with Crippen LogP contribution in [-0.4, -0.2) is 25.3 Å². The molecule has 31 heavy (non-hydrogen) atoms. The molecule has 0 aliphatic heterocycles. The van der Waals surface area contributed by atoms with Gasteiger partial charge in [0.1, 0.15) is 12.0 Å². The average molecular weight is 432 g/mol. The summed E-state index contributed by atoms with van der Waals surface area (Å²) in [5.41, 5.74) is 0.597. The molecule has 0 aliphatic rings. The lowest BCUT2D eigenvalue weighted by molar-refractivity contribution is -0.123. The molecule has 1 aromatic carbocycles. The second-order valence-corrected chi connectivity index (χ2v) is 8.63. The number of nitrogens with one attached hydrogen (secondary N) is 1. The fraction of sp³-hybridized carbons (Fsp3) is 0.704. The number of benzene rings is 1. The molecule has 0 fully saturated rings. The third kappa shape index (κ3) is 16.5. The molecule has 0 heterocycles. The third-order valence-corrected chi connectivity index (χ3v) is 5.74. The Morgan fingerprint density at radius 3 is 1.65 bits per heavy atom. The van der Waals surface area contributed by atoms with Gasteiger partial charge in [-0.05, 0) is 30.7 Å². The minimum atomic E-state index is -0.0968. The Morgan fingerprint density at radius 1 is 0.742 bits per heavy atom. The lowest BCUT2D eigenvalue weighted by Gasteiger charge is -2.07. The largest absolute Gasteiger partial charge is 0.484 e. The minimum absolute atomic E-state index is 0.0132. The van der Waals surface area contributed by atoms with Gasteiger partial charge in [-0.3, -0.25) is 9.59 Å². The van der Waals surface area contributed by atoms with Crippen molar-refractivity contribution < 1.29 is 14.3 Å². The van der Waals surface area contributed by atoms with Crippen LogP contribution in [0.3, 0.4) is 0 Å². The maximum Gasteiger partial charge on any atom is 0.257 e. The third-order valence-electron chi connectivity index (χ3n) is 5.74. The van der Waals surface area contributed by atoms with Gasteiger partial charge in [0, 0.05) is 12.1 Å². The van der Waals surface area contributed by atoms with E-state index in [9.17, 15) is 9.59 Å².